The second-order valence-electron chi connectivity index (χ2n) is 4.59. The lowest BCUT2D eigenvalue weighted by atomic mass is 10.1. The molecule has 2 aromatic heterocycles. The summed E-state index contributed by atoms with van der Waals surface area (Å²) in [7, 11) is 1.87. The zero-order chi connectivity index (χ0) is 14.8. The standard InChI is InChI=1S/C14H13N5O2/c1-19-8-16-18-13(19)7-15-12-6-5-9-10(14(20)21)3-2-4-11(9)17-12/h2-6,8H,7H2,1H3,(H,15,17)(H,20,21). The summed E-state index contributed by atoms with van der Waals surface area (Å²) in [6.45, 7) is 0.494. The molecule has 2 N–H and O–H groups in total. The van der Waals surface area contributed by atoms with E-state index in [1.54, 1.807) is 36.7 Å². The number of nitrogens with zero attached hydrogens (tertiary/aromatic N) is 4. The molecule has 0 bridgehead atoms. The van der Waals surface area contributed by atoms with Gasteiger partial charge in [0.05, 0.1) is 17.6 Å². The number of rotatable bonds is 4. The number of carboxylic acid groups (broad SMARTS) is 1. The number of pyridine rings is 1. The van der Waals surface area contributed by atoms with Crippen LogP contribution < -0.4 is 5.32 Å². The first-order chi connectivity index (χ1) is 10.1. The number of aromatic carboxylic acids is 1. The first-order valence-electron chi connectivity index (χ1n) is 6.35. The molecule has 2 heterocycles. The molecule has 0 fully saturated rings. The summed E-state index contributed by atoms with van der Waals surface area (Å²) in [5.74, 6) is 0.492. The Morgan fingerprint density at radius 2 is 2.19 bits per heavy atom. The molecule has 0 aliphatic rings. The minimum atomic E-state index is -0.956. The van der Waals surface area contributed by atoms with Crippen molar-refractivity contribution in [1.29, 1.82) is 0 Å². The maximum Gasteiger partial charge on any atom is 0.336 e. The lowest BCUT2D eigenvalue weighted by molar-refractivity contribution is 0.0699. The van der Waals surface area contributed by atoms with E-state index < -0.39 is 5.97 Å². The minimum absolute atomic E-state index is 0.250. The molecule has 0 unspecified atom stereocenters. The molecule has 0 saturated carbocycles. The van der Waals surface area contributed by atoms with Gasteiger partial charge in [-0.1, -0.05) is 6.07 Å². The van der Waals surface area contributed by atoms with E-state index >= 15 is 0 Å². The zero-order valence-corrected chi connectivity index (χ0v) is 11.3. The van der Waals surface area contributed by atoms with Crippen LogP contribution in [0.5, 0.6) is 0 Å². The molecule has 106 valence electrons. The highest BCUT2D eigenvalue weighted by Crippen LogP contribution is 2.19. The molecule has 21 heavy (non-hydrogen) atoms. The molecule has 1 aromatic carbocycles. The van der Waals surface area contributed by atoms with E-state index in [1.807, 2.05) is 11.6 Å². The molecule has 0 aliphatic heterocycles. The van der Waals surface area contributed by atoms with Gasteiger partial charge in [0.25, 0.3) is 0 Å². The number of hydrogen-bond acceptors (Lipinski definition) is 5. The van der Waals surface area contributed by atoms with Crippen LogP contribution in [-0.2, 0) is 13.6 Å². The van der Waals surface area contributed by atoms with Gasteiger partial charge in [0.15, 0.2) is 5.82 Å². The topological polar surface area (TPSA) is 92.9 Å². The van der Waals surface area contributed by atoms with Gasteiger partial charge in [-0.25, -0.2) is 9.78 Å². The highest BCUT2D eigenvalue weighted by atomic mass is 16.4. The maximum atomic E-state index is 11.2. The van der Waals surface area contributed by atoms with Crippen LogP contribution in [0.1, 0.15) is 16.2 Å². The van der Waals surface area contributed by atoms with Crippen LogP contribution in [0.15, 0.2) is 36.7 Å². The Morgan fingerprint density at radius 1 is 1.33 bits per heavy atom. The van der Waals surface area contributed by atoms with E-state index in [0.717, 1.165) is 5.82 Å². The van der Waals surface area contributed by atoms with Crippen LogP contribution in [0, 0.1) is 0 Å². The van der Waals surface area contributed by atoms with Gasteiger partial charge < -0.3 is 15.0 Å². The van der Waals surface area contributed by atoms with E-state index in [-0.39, 0.29) is 5.56 Å². The van der Waals surface area contributed by atoms with Crippen molar-refractivity contribution >= 4 is 22.7 Å². The fourth-order valence-corrected chi connectivity index (χ4v) is 2.08. The third kappa shape index (κ3) is 2.53. The van der Waals surface area contributed by atoms with Crippen molar-refractivity contribution in [3.63, 3.8) is 0 Å². The normalized spacial score (nSPS) is 10.7. The molecular weight excluding hydrogens is 270 g/mol. The largest absolute Gasteiger partial charge is 0.478 e. The summed E-state index contributed by atoms with van der Waals surface area (Å²) in [4.78, 5) is 15.6. The quantitative estimate of drug-likeness (QED) is 0.756. The molecule has 0 aliphatic carbocycles. The van der Waals surface area contributed by atoms with Gasteiger partial charge in [0.1, 0.15) is 12.1 Å². The Bertz CT molecular complexity index is 812. The number of aromatic nitrogens is 4. The highest BCUT2D eigenvalue weighted by molar-refractivity contribution is 6.02. The lowest BCUT2D eigenvalue weighted by Crippen LogP contribution is -2.07. The zero-order valence-electron chi connectivity index (χ0n) is 11.3. The second-order valence-corrected chi connectivity index (χ2v) is 4.59. The molecule has 7 heteroatoms. The summed E-state index contributed by atoms with van der Waals surface area (Å²) in [6, 6.07) is 8.55. The minimum Gasteiger partial charge on any atom is -0.478 e. The molecule has 0 spiro atoms. The summed E-state index contributed by atoms with van der Waals surface area (Å²) in [6.07, 6.45) is 1.63. The predicted octanol–water partition coefficient (Wildman–Crippen LogP) is 1.67. The molecule has 0 atom stereocenters. The van der Waals surface area contributed by atoms with Crippen LogP contribution in [0.4, 0.5) is 5.82 Å². The van der Waals surface area contributed by atoms with Crippen molar-refractivity contribution in [1.82, 2.24) is 19.7 Å². The van der Waals surface area contributed by atoms with Gasteiger partial charge in [0.2, 0.25) is 0 Å². The Morgan fingerprint density at radius 3 is 2.90 bits per heavy atom. The first-order valence-corrected chi connectivity index (χ1v) is 6.35. The average molecular weight is 283 g/mol. The molecular formula is C14H13N5O2. The highest BCUT2D eigenvalue weighted by Gasteiger charge is 2.09. The number of nitrogens with one attached hydrogen (secondary N) is 1. The number of carbonyl (C=O) groups is 1. The van der Waals surface area contributed by atoms with Crippen LogP contribution in [-0.4, -0.2) is 30.8 Å². The third-order valence-corrected chi connectivity index (χ3v) is 3.20. The fraction of sp³-hybridized carbons (Fsp3) is 0.143. The Balaban J connectivity index is 1.88. The van der Waals surface area contributed by atoms with Crippen molar-refractivity contribution in [2.45, 2.75) is 6.54 Å². The number of carboxylic acids is 1. The maximum absolute atomic E-state index is 11.2. The summed E-state index contributed by atoms with van der Waals surface area (Å²) in [5.41, 5.74) is 0.887. The Kier molecular flexibility index (Phi) is 3.23. The van der Waals surface area contributed by atoms with Crippen LogP contribution in [0.2, 0.25) is 0 Å². The molecule has 0 amide bonds. The van der Waals surface area contributed by atoms with Gasteiger partial charge >= 0.3 is 5.97 Å². The van der Waals surface area contributed by atoms with Gasteiger partial charge in [-0.15, -0.1) is 10.2 Å². The van der Waals surface area contributed by atoms with E-state index in [4.69, 9.17) is 5.11 Å². The van der Waals surface area contributed by atoms with Crippen molar-refractivity contribution in [2.24, 2.45) is 7.05 Å². The average Bonchev–Trinajstić information content (AvgIpc) is 2.89. The van der Waals surface area contributed by atoms with E-state index in [9.17, 15) is 4.79 Å². The van der Waals surface area contributed by atoms with E-state index in [1.165, 1.54) is 0 Å². The summed E-state index contributed by atoms with van der Waals surface area (Å²) >= 11 is 0. The molecule has 0 saturated heterocycles. The van der Waals surface area contributed by atoms with Crippen LogP contribution in [0.3, 0.4) is 0 Å². The van der Waals surface area contributed by atoms with Gasteiger partial charge in [-0.05, 0) is 24.3 Å². The van der Waals surface area contributed by atoms with Crippen LogP contribution in [0.25, 0.3) is 10.9 Å². The second kappa shape index (κ2) is 5.20. The monoisotopic (exact) mass is 283 g/mol. The number of anilines is 1. The van der Waals surface area contributed by atoms with Gasteiger partial charge in [0, 0.05) is 12.4 Å². The number of aryl methyl sites for hydroxylation is 1. The van der Waals surface area contributed by atoms with Crippen molar-refractivity contribution < 1.29 is 9.90 Å². The van der Waals surface area contributed by atoms with E-state index in [2.05, 4.69) is 20.5 Å². The van der Waals surface area contributed by atoms with Gasteiger partial charge in [-0.2, -0.15) is 0 Å². The first kappa shape index (κ1) is 13.0. The van der Waals surface area contributed by atoms with Crippen LogP contribution >= 0.6 is 0 Å². The third-order valence-electron chi connectivity index (χ3n) is 3.20. The molecule has 7 nitrogen and oxygen atoms in total. The smallest absolute Gasteiger partial charge is 0.336 e. The Hall–Kier alpha value is -2.96. The number of fused-ring (bicyclic) bond motifs is 1. The predicted molar refractivity (Wildman–Crippen MR) is 77.0 cm³/mol. The van der Waals surface area contributed by atoms with Crippen molar-refractivity contribution in [2.75, 3.05) is 5.32 Å². The SMILES string of the molecule is Cn1cnnc1CNc1ccc2c(C(=O)O)cccc2n1. The number of benzene rings is 1. The Labute approximate surface area is 120 Å². The van der Waals surface area contributed by atoms with Gasteiger partial charge in [-0.3, -0.25) is 0 Å². The van der Waals surface area contributed by atoms with E-state index in [0.29, 0.717) is 23.3 Å². The van der Waals surface area contributed by atoms with Crippen molar-refractivity contribution in [3.8, 4) is 0 Å². The lowest BCUT2D eigenvalue weighted by Gasteiger charge is -2.07. The fourth-order valence-electron chi connectivity index (χ4n) is 2.08. The summed E-state index contributed by atoms with van der Waals surface area (Å²) in [5, 5.41) is 20.7. The summed E-state index contributed by atoms with van der Waals surface area (Å²) < 4.78 is 1.82. The molecule has 3 aromatic rings. The molecule has 0 radical (unpaired) electrons. The molecule has 3 rings (SSSR count). The number of hydrogen-bond donors (Lipinski definition) is 2. The van der Waals surface area contributed by atoms with Crippen molar-refractivity contribution in [3.05, 3.63) is 48.0 Å².